The molecule has 10 heteroatoms. The fourth-order valence-electron chi connectivity index (χ4n) is 5.15. The molecule has 0 aliphatic rings. The van der Waals surface area contributed by atoms with Crippen molar-refractivity contribution in [2.75, 3.05) is 26.4 Å². The minimum Gasteiger partial charge on any atom is -0.463 e. The summed E-state index contributed by atoms with van der Waals surface area (Å²) in [6, 6.07) is 0. The summed E-state index contributed by atoms with van der Waals surface area (Å²) < 4.78 is 26.8. The quantitative estimate of drug-likeness (QED) is 0.0248. The maximum Gasteiger partial charge on any atom is 0.472 e. The van der Waals surface area contributed by atoms with Crippen LogP contribution in [0.2, 0.25) is 0 Å². The Balaban J connectivity index is 3.65. The Morgan fingerprint density at radius 1 is 0.608 bits per heavy atom. The van der Waals surface area contributed by atoms with Crippen LogP contribution in [0.1, 0.15) is 168 Å². The zero-order chi connectivity index (χ0) is 37.5. The van der Waals surface area contributed by atoms with Gasteiger partial charge in [-0.25, -0.2) is 4.57 Å². The first-order valence-electron chi connectivity index (χ1n) is 20.1. The Bertz CT molecular complexity index is 981. The molecule has 3 N–H and O–H groups in total. The van der Waals surface area contributed by atoms with Crippen LogP contribution in [0.3, 0.4) is 0 Å². The Kier molecular flexibility index (Phi) is 36.2. The number of aliphatic hydroxyl groups excluding tert-OH is 1. The van der Waals surface area contributed by atoms with Gasteiger partial charge in [0.05, 0.1) is 13.2 Å². The van der Waals surface area contributed by atoms with Gasteiger partial charge < -0.3 is 20.1 Å². The highest BCUT2D eigenvalue weighted by Gasteiger charge is 2.23. The fourth-order valence-corrected chi connectivity index (χ4v) is 5.91. The van der Waals surface area contributed by atoms with Crippen molar-refractivity contribution in [2.45, 2.75) is 174 Å². The molecule has 9 nitrogen and oxygen atoms in total. The molecule has 0 aliphatic heterocycles. The molecule has 0 spiro atoms. The third-order valence-corrected chi connectivity index (χ3v) is 9.20. The summed E-state index contributed by atoms with van der Waals surface area (Å²) in [5.41, 5.74) is 0. The third kappa shape index (κ3) is 39.0. The van der Waals surface area contributed by atoms with Crippen molar-refractivity contribution in [1.82, 2.24) is 5.32 Å². The first-order chi connectivity index (χ1) is 24.8. The van der Waals surface area contributed by atoms with Crippen LogP contribution in [0.4, 0.5) is 0 Å². The van der Waals surface area contributed by atoms with Crippen molar-refractivity contribution in [1.29, 1.82) is 0 Å². The number of ether oxygens (including phenoxy) is 1. The van der Waals surface area contributed by atoms with Crippen molar-refractivity contribution < 1.29 is 37.9 Å². The van der Waals surface area contributed by atoms with E-state index in [1.165, 1.54) is 51.4 Å². The van der Waals surface area contributed by atoms with Gasteiger partial charge in [-0.05, 0) is 70.6 Å². The van der Waals surface area contributed by atoms with Crippen LogP contribution in [-0.2, 0) is 27.9 Å². The zero-order valence-electron chi connectivity index (χ0n) is 32.3. The molecule has 0 aliphatic carbocycles. The van der Waals surface area contributed by atoms with Crippen molar-refractivity contribution in [3.8, 4) is 0 Å². The smallest absolute Gasteiger partial charge is 0.463 e. The predicted octanol–water partition coefficient (Wildman–Crippen LogP) is 10.8. The third-order valence-electron chi connectivity index (χ3n) is 8.21. The molecule has 0 bridgehead atoms. The van der Waals surface area contributed by atoms with E-state index in [-0.39, 0.29) is 32.1 Å². The Morgan fingerprint density at radius 2 is 1.10 bits per heavy atom. The first-order valence-corrected chi connectivity index (χ1v) is 21.6. The average molecular weight is 740 g/mol. The van der Waals surface area contributed by atoms with Crippen LogP contribution in [0.15, 0.2) is 48.6 Å². The summed E-state index contributed by atoms with van der Waals surface area (Å²) >= 11 is 0. The summed E-state index contributed by atoms with van der Waals surface area (Å²) in [7, 11) is -4.42. The van der Waals surface area contributed by atoms with E-state index in [4.69, 9.17) is 13.8 Å². The largest absolute Gasteiger partial charge is 0.472 e. The number of hydrogen-bond donors (Lipinski definition) is 3. The molecule has 51 heavy (non-hydrogen) atoms. The Hall–Kier alpha value is -2.03. The summed E-state index contributed by atoms with van der Waals surface area (Å²) in [6.45, 7) is 3.42. The first kappa shape index (κ1) is 49.0. The molecular weight excluding hydrogens is 665 g/mol. The molecule has 0 rings (SSSR count). The highest BCUT2D eigenvalue weighted by atomic mass is 31.2. The monoisotopic (exact) mass is 740 g/mol. The van der Waals surface area contributed by atoms with Crippen LogP contribution in [0.25, 0.3) is 0 Å². The number of amides is 1. The normalized spacial score (nSPS) is 13.9. The van der Waals surface area contributed by atoms with Gasteiger partial charge in [0.1, 0.15) is 12.7 Å². The van der Waals surface area contributed by atoms with Gasteiger partial charge in [-0.3, -0.25) is 18.6 Å². The van der Waals surface area contributed by atoms with Crippen LogP contribution in [0, 0.1) is 0 Å². The molecule has 0 aromatic heterocycles. The molecule has 0 saturated heterocycles. The zero-order valence-corrected chi connectivity index (χ0v) is 33.2. The number of phosphoric acid groups is 1. The van der Waals surface area contributed by atoms with Gasteiger partial charge in [-0.15, -0.1) is 0 Å². The SMILES string of the molecule is CCC/C=C\C/C=C\CCCCCCCC(=O)NCCOP(=O)(O)OCC(O)COC(=O)CCCCCCCCC/C=C\C/C=C\CCCCC. The molecule has 0 saturated carbocycles. The Labute approximate surface area is 311 Å². The number of aliphatic hydroxyl groups is 1. The van der Waals surface area contributed by atoms with E-state index in [1.54, 1.807) is 0 Å². The number of allylic oxidation sites excluding steroid dienone is 8. The van der Waals surface area contributed by atoms with E-state index in [9.17, 15) is 24.2 Å². The van der Waals surface area contributed by atoms with E-state index < -0.39 is 26.5 Å². The standard InChI is InChI=1S/C41H74NO8P/c1-3-5-7-9-11-13-15-17-18-19-20-22-24-26-28-30-32-34-41(45)48-37-39(43)38-50-51(46,47)49-36-35-42-40(44)33-31-29-27-25-23-21-16-14-12-10-8-6-4-2/h8,10-11,13-14,16-18,39,43H,3-7,9,12,15,19-38H2,1-2H3,(H,42,44)(H,46,47)/b10-8-,13-11-,16-14-,18-17-. The number of nitrogens with one attached hydrogen (secondary N) is 1. The Morgan fingerprint density at radius 3 is 1.65 bits per heavy atom. The van der Waals surface area contributed by atoms with E-state index in [1.807, 2.05) is 0 Å². The van der Waals surface area contributed by atoms with Gasteiger partial charge in [0.15, 0.2) is 0 Å². The van der Waals surface area contributed by atoms with E-state index >= 15 is 0 Å². The van der Waals surface area contributed by atoms with E-state index in [0.717, 1.165) is 89.9 Å². The van der Waals surface area contributed by atoms with Gasteiger partial charge in [0, 0.05) is 19.4 Å². The van der Waals surface area contributed by atoms with Gasteiger partial charge in [-0.1, -0.05) is 133 Å². The van der Waals surface area contributed by atoms with E-state index in [2.05, 4.69) is 67.8 Å². The predicted molar refractivity (Wildman–Crippen MR) is 210 cm³/mol. The maximum absolute atomic E-state index is 12.1. The number of esters is 1. The lowest BCUT2D eigenvalue weighted by atomic mass is 10.1. The highest BCUT2D eigenvalue weighted by Crippen LogP contribution is 2.42. The van der Waals surface area contributed by atoms with Crippen LogP contribution in [0.5, 0.6) is 0 Å². The second-order valence-corrected chi connectivity index (χ2v) is 14.7. The van der Waals surface area contributed by atoms with Gasteiger partial charge in [0.2, 0.25) is 5.91 Å². The summed E-state index contributed by atoms with van der Waals surface area (Å²) in [5.74, 6) is -0.542. The number of rotatable bonds is 37. The molecule has 2 unspecified atom stereocenters. The molecule has 0 aromatic carbocycles. The van der Waals surface area contributed by atoms with Crippen molar-refractivity contribution in [3.63, 3.8) is 0 Å². The minimum atomic E-state index is -4.42. The van der Waals surface area contributed by atoms with Gasteiger partial charge in [0.25, 0.3) is 0 Å². The minimum absolute atomic E-state index is 0.0715. The molecule has 1 amide bonds. The van der Waals surface area contributed by atoms with Crippen molar-refractivity contribution in [2.24, 2.45) is 0 Å². The summed E-state index contributed by atoms with van der Waals surface area (Å²) in [4.78, 5) is 33.8. The van der Waals surface area contributed by atoms with Gasteiger partial charge >= 0.3 is 13.8 Å². The second kappa shape index (κ2) is 37.7. The summed E-state index contributed by atoms with van der Waals surface area (Å²) in [5, 5.41) is 12.7. The van der Waals surface area contributed by atoms with Gasteiger partial charge in [-0.2, -0.15) is 0 Å². The van der Waals surface area contributed by atoms with Crippen molar-refractivity contribution >= 4 is 19.7 Å². The fraction of sp³-hybridized carbons (Fsp3) is 0.756. The molecular formula is C41H74NO8P. The van der Waals surface area contributed by atoms with E-state index in [0.29, 0.717) is 6.42 Å². The number of phosphoric ester groups is 1. The summed E-state index contributed by atoms with van der Waals surface area (Å²) in [6.07, 6.45) is 41.8. The number of hydrogen-bond acceptors (Lipinski definition) is 7. The number of unbranched alkanes of at least 4 members (excludes halogenated alkanes) is 16. The highest BCUT2D eigenvalue weighted by molar-refractivity contribution is 7.47. The van der Waals surface area contributed by atoms with Crippen LogP contribution >= 0.6 is 7.82 Å². The van der Waals surface area contributed by atoms with Crippen molar-refractivity contribution in [3.05, 3.63) is 48.6 Å². The molecule has 0 radical (unpaired) electrons. The lowest BCUT2D eigenvalue weighted by molar-refractivity contribution is -0.147. The lowest BCUT2D eigenvalue weighted by Gasteiger charge is -2.15. The molecule has 0 aromatic rings. The molecule has 296 valence electrons. The maximum atomic E-state index is 12.1. The number of carbonyl (C=O) groups excluding carboxylic acids is 2. The molecule has 0 fully saturated rings. The second-order valence-electron chi connectivity index (χ2n) is 13.2. The van der Waals surface area contributed by atoms with Crippen LogP contribution < -0.4 is 5.32 Å². The number of carbonyl (C=O) groups is 2. The molecule has 2 atom stereocenters. The lowest BCUT2D eigenvalue weighted by Crippen LogP contribution is -2.27. The topological polar surface area (TPSA) is 131 Å². The average Bonchev–Trinajstić information content (AvgIpc) is 3.11. The molecule has 0 heterocycles. The van der Waals surface area contributed by atoms with Crippen LogP contribution in [-0.4, -0.2) is 54.3 Å².